The van der Waals surface area contributed by atoms with Gasteiger partial charge in [-0.15, -0.1) is 0 Å². The summed E-state index contributed by atoms with van der Waals surface area (Å²) in [6, 6.07) is 8.35. The molecule has 2 fully saturated rings. The molecule has 2 heterocycles. The standard InChI is InChI=1S/C22H33N3O5S/c1-23(14-15-30-2)21(26)18-8-6-12-24(16-18)22(27)19-9-7-13-25(17-19)31(28,29)20-10-4-3-5-11-20/h3-5,10-11,18-19H,6-9,12-17H2,1-2H3/t18-,19+/m0/s1. The highest BCUT2D eigenvalue weighted by Gasteiger charge is 2.37. The largest absolute Gasteiger partial charge is 0.383 e. The van der Waals surface area contributed by atoms with Crippen LogP contribution in [0.2, 0.25) is 0 Å². The predicted octanol–water partition coefficient (Wildman–Crippen LogP) is 1.43. The maximum atomic E-state index is 13.2. The van der Waals surface area contributed by atoms with E-state index in [2.05, 4.69) is 0 Å². The smallest absolute Gasteiger partial charge is 0.243 e. The summed E-state index contributed by atoms with van der Waals surface area (Å²) < 4.78 is 32.4. The zero-order valence-electron chi connectivity index (χ0n) is 18.4. The zero-order valence-corrected chi connectivity index (χ0v) is 19.2. The number of likely N-dealkylation sites (N-methyl/N-ethyl adjacent to an activating group) is 1. The van der Waals surface area contributed by atoms with E-state index in [0.29, 0.717) is 45.6 Å². The van der Waals surface area contributed by atoms with E-state index in [9.17, 15) is 18.0 Å². The van der Waals surface area contributed by atoms with Crippen molar-refractivity contribution < 1.29 is 22.7 Å². The van der Waals surface area contributed by atoms with Crippen molar-refractivity contribution in [3.63, 3.8) is 0 Å². The summed E-state index contributed by atoms with van der Waals surface area (Å²) in [5, 5.41) is 0. The van der Waals surface area contributed by atoms with Gasteiger partial charge in [-0.2, -0.15) is 4.31 Å². The number of hydrogen-bond acceptors (Lipinski definition) is 5. The molecule has 8 nitrogen and oxygen atoms in total. The summed E-state index contributed by atoms with van der Waals surface area (Å²) in [5.74, 6) is -0.587. The fourth-order valence-electron chi connectivity index (χ4n) is 4.39. The first-order valence-electron chi connectivity index (χ1n) is 10.9. The molecule has 0 aromatic heterocycles. The monoisotopic (exact) mass is 451 g/mol. The van der Waals surface area contributed by atoms with Crippen LogP contribution in [0, 0.1) is 11.8 Å². The van der Waals surface area contributed by atoms with E-state index in [4.69, 9.17) is 4.74 Å². The molecule has 0 radical (unpaired) electrons. The van der Waals surface area contributed by atoms with E-state index in [1.807, 2.05) is 0 Å². The number of carbonyl (C=O) groups is 2. The molecule has 1 aromatic carbocycles. The number of rotatable bonds is 7. The van der Waals surface area contributed by atoms with Gasteiger partial charge in [-0.1, -0.05) is 18.2 Å². The Kier molecular flexibility index (Phi) is 8.07. The van der Waals surface area contributed by atoms with Gasteiger partial charge in [-0.25, -0.2) is 8.42 Å². The van der Waals surface area contributed by atoms with Crippen LogP contribution in [0.1, 0.15) is 25.7 Å². The minimum Gasteiger partial charge on any atom is -0.383 e. The number of methoxy groups -OCH3 is 1. The molecule has 1 aromatic rings. The molecule has 0 unspecified atom stereocenters. The lowest BCUT2D eigenvalue weighted by Crippen LogP contribution is -2.51. The summed E-state index contributed by atoms with van der Waals surface area (Å²) in [6.45, 7) is 2.63. The van der Waals surface area contributed by atoms with Crippen LogP contribution < -0.4 is 0 Å². The van der Waals surface area contributed by atoms with Crippen LogP contribution in [-0.4, -0.2) is 87.8 Å². The minimum atomic E-state index is -3.61. The Morgan fingerprint density at radius 2 is 1.74 bits per heavy atom. The van der Waals surface area contributed by atoms with Crippen molar-refractivity contribution in [2.75, 3.05) is 53.5 Å². The van der Waals surface area contributed by atoms with Gasteiger partial charge in [-0.05, 0) is 37.8 Å². The Morgan fingerprint density at radius 3 is 2.45 bits per heavy atom. The summed E-state index contributed by atoms with van der Waals surface area (Å²) in [5.41, 5.74) is 0. The summed E-state index contributed by atoms with van der Waals surface area (Å²) >= 11 is 0. The van der Waals surface area contributed by atoms with Crippen molar-refractivity contribution in [2.45, 2.75) is 30.6 Å². The van der Waals surface area contributed by atoms with E-state index in [1.54, 1.807) is 54.3 Å². The number of ether oxygens (including phenoxy) is 1. The van der Waals surface area contributed by atoms with Gasteiger partial charge in [0.15, 0.2) is 0 Å². The van der Waals surface area contributed by atoms with Crippen LogP contribution in [0.25, 0.3) is 0 Å². The van der Waals surface area contributed by atoms with Gasteiger partial charge in [0, 0.05) is 46.9 Å². The lowest BCUT2D eigenvalue weighted by Gasteiger charge is -2.38. The van der Waals surface area contributed by atoms with Crippen molar-refractivity contribution in [3.05, 3.63) is 30.3 Å². The Labute approximate surface area is 185 Å². The van der Waals surface area contributed by atoms with Gasteiger partial charge in [0.05, 0.1) is 23.3 Å². The van der Waals surface area contributed by atoms with Crippen LogP contribution in [0.4, 0.5) is 0 Å². The summed E-state index contributed by atoms with van der Waals surface area (Å²) in [6.07, 6.45) is 2.86. The maximum Gasteiger partial charge on any atom is 0.243 e. The number of piperidine rings is 2. The molecule has 3 rings (SSSR count). The topological polar surface area (TPSA) is 87.2 Å². The Morgan fingerprint density at radius 1 is 1.06 bits per heavy atom. The van der Waals surface area contributed by atoms with Crippen molar-refractivity contribution in [3.8, 4) is 0 Å². The van der Waals surface area contributed by atoms with Gasteiger partial charge >= 0.3 is 0 Å². The third-order valence-electron chi connectivity index (χ3n) is 6.20. The van der Waals surface area contributed by atoms with Crippen molar-refractivity contribution >= 4 is 21.8 Å². The highest BCUT2D eigenvalue weighted by Crippen LogP contribution is 2.27. The van der Waals surface area contributed by atoms with E-state index >= 15 is 0 Å². The number of hydrogen-bond donors (Lipinski definition) is 0. The molecule has 0 aliphatic carbocycles. The molecular formula is C22H33N3O5S. The van der Waals surface area contributed by atoms with Crippen LogP contribution in [-0.2, 0) is 24.3 Å². The Bertz CT molecular complexity index is 861. The lowest BCUT2D eigenvalue weighted by atomic mass is 9.93. The second-order valence-electron chi connectivity index (χ2n) is 8.39. The zero-order chi connectivity index (χ0) is 22.4. The molecule has 0 saturated carbocycles. The first-order chi connectivity index (χ1) is 14.8. The average molecular weight is 452 g/mol. The van der Waals surface area contributed by atoms with Crippen molar-refractivity contribution in [1.29, 1.82) is 0 Å². The summed E-state index contributed by atoms with van der Waals surface area (Å²) in [7, 11) is -0.252. The lowest BCUT2D eigenvalue weighted by molar-refractivity contribution is -0.143. The molecule has 0 N–H and O–H groups in total. The molecule has 9 heteroatoms. The van der Waals surface area contributed by atoms with Crippen molar-refractivity contribution in [2.24, 2.45) is 11.8 Å². The van der Waals surface area contributed by atoms with E-state index in [0.717, 1.165) is 12.8 Å². The molecule has 2 amide bonds. The van der Waals surface area contributed by atoms with Gasteiger partial charge in [0.2, 0.25) is 21.8 Å². The number of sulfonamides is 1. The number of likely N-dealkylation sites (tertiary alicyclic amines) is 1. The highest BCUT2D eigenvalue weighted by molar-refractivity contribution is 7.89. The van der Waals surface area contributed by atoms with Crippen LogP contribution in [0.5, 0.6) is 0 Å². The summed E-state index contributed by atoms with van der Waals surface area (Å²) in [4.78, 5) is 29.6. The fourth-order valence-corrected chi connectivity index (χ4v) is 5.94. The maximum absolute atomic E-state index is 13.2. The normalized spacial score (nSPS) is 22.8. The molecule has 2 aliphatic rings. The molecule has 2 atom stereocenters. The second kappa shape index (κ2) is 10.6. The molecule has 172 valence electrons. The SMILES string of the molecule is COCCN(C)C(=O)[C@H]1CCCN(C(=O)[C@@H]2CCCN(S(=O)(=O)c3ccccc3)C2)C1. The Balaban J connectivity index is 1.63. The van der Waals surface area contributed by atoms with E-state index < -0.39 is 10.0 Å². The number of benzene rings is 1. The fraction of sp³-hybridized carbons (Fsp3) is 0.636. The molecule has 2 saturated heterocycles. The third-order valence-corrected chi connectivity index (χ3v) is 8.08. The number of carbonyl (C=O) groups excluding carboxylic acids is 2. The predicted molar refractivity (Wildman–Crippen MR) is 117 cm³/mol. The minimum absolute atomic E-state index is 0.0338. The first kappa shape index (κ1) is 23.7. The molecule has 0 bridgehead atoms. The quantitative estimate of drug-likeness (QED) is 0.626. The van der Waals surface area contributed by atoms with Crippen LogP contribution >= 0.6 is 0 Å². The highest BCUT2D eigenvalue weighted by atomic mass is 32.2. The third kappa shape index (κ3) is 5.64. The van der Waals surface area contributed by atoms with Gasteiger partial charge in [0.1, 0.15) is 0 Å². The van der Waals surface area contributed by atoms with Crippen LogP contribution in [0.3, 0.4) is 0 Å². The Hall–Kier alpha value is -1.97. The van der Waals surface area contributed by atoms with E-state index in [1.165, 1.54) is 4.31 Å². The molecule has 0 spiro atoms. The van der Waals surface area contributed by atoms with Crippen LogP contribution in [0.15, 0.2) is 35.2 Å². The van der Waals surface area contributed by atoms with Crippen molar-refractivity contribution in [1.82, 2.24) is 14.1 Å². The van der Waals surface area contributed by atoms with Gasteiger partial charge in [-0.3, -0.25) is 9.59 Å². The molecule has 2 aliphatic heterocycles. The molecule has 31 heavy (non-hydrogen) atoms. The second-order valence-corrected chi connectivity index (χ2v) is 10.3. The van der Waals surface area contributed by atoms with Gasteiger partial charge in [0.25, 0.3) is 0 Å². The number of nitrogens with zero attached hydrogens (tertiary/aromatic N) is 3. The molecular weight excluding hydrogens is 418 g/mol. The van der Waals surface area contributed by atoms with Gasteiger partial charge < -0.3 is 14.5 Å². The average Bonchev–Trinajstić information content (AvgIpc) is 2.82. The number of amides is 2. The first-order valence-corrected chi connectivity index (χ1v) is 12.4. The van der Waals surface area contributed by atoms with E-state index in [-0.39, 0.29) is 35.1 Å².